The van der Waals surface area contributed by atoms with Crippen molar-refractivity contribution in [1.82, 2.24) is 24.5 Å². The number of hydrogen-bond acceptors (Lipinski definition) is 5. The fourth-order valence-electron chi connectivity index (χ4n) is 4.90. The summed E-state index contributed by atoms with van der Waals surface area (Å²) < 4.78 is 28.0. The quantitative estimate of drug-likeness (QED) is 0.222. The molecule has 0 unspecified atom stereocenters. The van der Waals surface area contributed by atoms with Crippen LogP contribution in [0.5, 0.6) is 0 Å². The summed E-state index contributed by atoms with van der Waals surface area (Å²) in [7, 11) is 0. The van der Waals surface area contributed by atoms with Gasteiger partial charge in [-0.2, -0.15) is 0 Å². The van der Waals surface area contributed by atoms with Gasteiger partial charge in [0.05, 0.1) is 18.6 Å². The van der Waals surface area contributed by atoms with E-state index >= 15 is 0 Å². The third-order valence-corrected chi connectivity index (χ3v) is 7.17. The minimum atomic E-state index is -1.00. The van der Waals surface area contributed by atoms with Crippen LogP contribution in [0, 0.1) is 11.6 Å². The summed E-state index contributed by atoms with van der Waals surface area (Å²) in [5, 5.41) is 0.970. The number of aromatic nitrogens is 5. The number of aromatic amines is 1. The van der Waals surface area contributed by atoms with Gasteiger partial charge >= 0.3 is 0 Å². The number of nitrogens with zero attached hydrogens (tertiary/aromatic N) is 4. The highest BCUT2D eigenvalue weighted by atomic mass is 19.2. The molecule has 0 aliphatic rings. The summed E-state index contributed by atoms with van der Waals surface area (Å²) in [6.07, 6.45) is 5.30. The molecule has 9 heteroatoms. The van der Waals surface area contributed by atoms with Gasteiger partial charge in [0.15, 0.2) is 17.4 Å². The SMILES string of the molecule is O=C(CCc1ccc(Cc2ncnc3[nH]c(-c4ccccc4)cc23)cc1)c1cncn(Cc2ccc(F)c(F)c2)c1=O. The lowest BCUT2D eigenvalue weighted by Crippen LogP contribution is -2.27. The number of ketones is 1. The van der Waals surface area contributed by atoms with E-state index in [1.807, 2.05) is 54.6 Å². The van der Waals surface area contributed by atoms with Gasteiger partial charge in [-0.3, -0.25) is 14.2 Å². The molecule has 1 N–H and O–H groups in total. The maximum Gasteiger partial charge on any atom is 0.264 e. The molecule has 0 aliphatic carbocycles. The molecule has 6 rings (SSSR count). The minimum absolute atomic E-state index is 0.0272. The smallest absolute Gasteiger partial charge is 0.264 e. The highest BCUT2D eigenvalue weighted by molar-refractivity contribution is 5.95. The van der Waals surface area contributed by atoms with Gasteiger partial charge in [-0.25, -0.2) is 23.7 Å². The van der Waals surface area contributed by atoms with Crippen LogP contribution in [0.2, 0.25) is 0 Å². The minimum Gasteiger partial charge on any atom is -0.339 e. The summed E-state index contributed by atoms with van der Waals surface area (Å²) in [6, 6.07) is 23.5. The first-order valence-electron chi connectivity index (χ1n) is 13.4. The van der Waals surface area contributed by atoms with Crippen LogP contribution in [0.4, 0.5) is 8.78 Å². The van der Waals surface area contributed by atoms with Crippen molar-refractivity contribution in [3.8, 4) is 11.3 Å². The average molecular weight is 562 g/mol. The summed E-state index contributed by atoms with van der Waals surface area (Å²) in [4.78, 5) is 42.1. The molecule has 0 amide bonds. The van der Waals surface area contributed by atoms with Gasteiger partial charge in [-0.05, 0) is 46.9 Å². The van der Waals surface area contributed by atoms with Gasteiger partial charge in [0, 0.05) is 30.1 Å². The van der Waals surface area contributed by atoms with E-state index in [0.717, 1.165) is 51.2 Å². The summed E-state index contributed by atoms with van der Waals surface area (Å²) in [5.41, 5.74) is 5.62. The number of carbonyl (C=O) groups is 1. The predicted octanol–water partition coefficient (Wildman–Crippen LogP) is 5.91. The van der Waals surface area contributed by atoms with Crippen molar-refractivity contribution in [3.05, 3.63) is 148 Å². The molecule has 3 aromatic heterocycles. The molecule has 0 bridgehead atoms. The summed E-state index contributed by atoms with van der Waals surface area (Å²) in [6.45, 7) is -0.0272. The largest absolute Gasteiger partial charge is 0.339 e. The number of nitrogens with one attached hydrogen (secondary N) is 1. The van der Waals surface area contributed by atoms with Crippen LogP contribution >= 0.6 is 0 Å². The molecule has 7 nitrogen and oxygen atoms in total. The number of halogens is 2. The lowest BCUT2D eigenvalue weighted by atomic mass is 10.0. The van der Waals surface area contributed by atoms with Crippen LogP contribution in [0.3, 0.4) is 0 Å². The fourth-order valence-corrected chi connectivity index (χ4v) is 4.90. The second kappa shape index (κ2) is 11.7. The van der Waals surface area contributed by atoms with E-state index in [1.165, 1.54) is 23.2 Å². The number of rotatable bonds is 9. The van der Waals surface area contributed by atoms with E-state index in [0.29, 0.717) is 18.4 Å². The van der Waals surface area contributed by atoms with Crippen LogP contribution in [0.15, 0.2) is 103 Å². The maximum absolute atomic E-state index is 13.6. The standard InChI is InChI=1S/C33H25F2N5O2/c34-27-12-10-23(14-28(27)35)18-40-20-36-17-26(33(40)42)31(41)13-11-21-6-8-22(9-7-21)15-30-25-16-29(24-4-2-1-3-5-24)39-32(25)38-19-37-30/h1-10,12,14,16-17,19-20H,11,13,15,18H2,(H,37,38,39). The number of fused-ring (bicyclic) bond motifs is 1. The third kappa shape index (κ3) is 5.76. The van der Waals surface area contributed by atoms with Crippen molar-refractivity contribution in [2.45, 2.75) is 25.8 Å². The first-order valence-corrected chi connectivity index (χ1v) is 13.4. The summed E-state index contributed by atoms with van der Waals surface area (Å²) >= 11 is 0. The first kappa shape index (κ1) is 26.9. The second-order valence-electron chi connectivity index (χ2n) is 10.0. The molecule has 0 aliphatic heterocycles. The molecular weight excluding hydrogens is 536 g/mol. The van der Waals surface area contributed by atoms with E-state index in [9.17, 15) is 18.4 Å². The van der Waals surface area contributed by atoms with Crippen molar-refractivity contribution in [2.24, 2.45) is 0 Å². The number of aryl methyl sites for hydroxylation is 1. The van der Waals surface area contributed by atoms with E-state index in [-0.39, 0.29) is 24.3 Å². The van der Waals surface area contributed by atoms with Gasteiger partial charge in [0.25, 0.3) is 5.56 Å². The highest BCUT2D eigenvalue weighted by Gasteiger charge is 2.15. The van der Waals surface area contributed by atoms with Gasteiger partial charge in [0.1, 0.15) is 17.5 Å². The van der Waals surface area contributed by atoms with Crippen molar-refractivity contribution >= 4 is 16.8 Å². The summed E-state index contributed by atoms with van der Waals surface area (Å²) in [5.74, 6) is -2.30. The number of benzene rings is 3. The topological polar surface area (TPSA) is 93.5 Å². The fraction of sp³-hybridized carbons (Fsp3) is 0.121. The number of H-pyrrole nitrogens is 1. The van der Waals surface area contributed by atoms with E-state index in [4.69, 9.17) is 0 Å². The Hall–Kier alpha value is -5.31. The number of hydrogen-bond donors (Lipinski definition) is 1. The molecule has 0 radical (unpaired) electrons. The highest BCUT2D eigenvalue weighted by Crippen LogP contribution is 2.25. The first-order chi connectivity index (χ1) is 20.4. The van der Waals surface area contributed by atoms with Crippen molar-refractivity contribution in [3.63, 3.8) is 0 Å². The molecule has 3 heterocycles. The lowest BCUT2D eigenvalue weighted by Gasteiger charge is -2.08. The lowest BCUT2D eigenvalue weighted by molar-refractivity contribution is 0.0980. The third-order valence-electron chi connectivity index (χ3n) is 7.17. The van der Waals surface area contributed by atoms with Gasteiger partial charge in [-0.1, -0.05) is 60.7 Å². The predicted molar refractivity (Wildman–Crippen MR) is 155 cm³/mol. The van der Waals surface area contributed by atoms with Gasteiger partial charge < -0.3 is 4.98 Å². The van der Waals surface area contributed by atoms with E-state index < -0.39 is 17.2 Å². The molecule has 0 saturated heterocycles. The zero-order valence-electron chi connectivity index (χ0n) is 22.4. The zero-order chi connectivity index (χ0) is 29.1. The number of Topliss-reactive ketones (excluding diaryl/α,β-unsaturated/α-hetero) is 1. The Morgan fingerprint density at radius 1 is 0.857 bits per heavy atom. The van der Waals surface area contributed by atoms with Crippen molar-refractivity contribution < 1.29 is 13.6 Å². The zero-order valence-corrected chi connectivity index (χ0v) is 22.4. The van der Waals surface area contributed by atoms with Crippen LogP contribution < -0.4 is 5.56 Å². The Bertz CT molecular complexity index is 1950. The molecule has 3 aromatic carbocycles. The van der Waals surface area contributed by atoms with Crippen molar-refractivity contribution in [2.75, 3.05) is 0 Å². The van der Waals surface area contributed by atoms with Crippen LogP contribution in [0.1, 0.15) is 39.2 Å². The molecule has 0 fully saturated rings. The maximum atomic E-state index is 13.6. The van der Waals surface area contributed by atoms with Crippen LogP contribution in [0.25, 0.3) is 22.3 Å². The second-order valence-corrected chi connectivity index (χ2v) is 10.0. The van der Waals surface area contributed by atoms with Gasteiger partial charge in [0.2, 0.25) is 0 Å². The van der Waals surface area contributed by atoms with Crippen LogP contribution in [-0.2, 0) is 19.4 Å². The average Bonchev–Trinajstić information content (AvgIpc) is 3.46. The molecule has 0 saturated carbocycles. The normalized spacial score (nSPS) is 11.2. The van der Waals surface area contributed by atoms with E-state index in [2.05, 4.69) is 26.0 Å². The number of carbonyl (C=O) groups excluding carboxylic acids is 1. The van der Waals surface area contributed by atoms with E-state index in [1.54, 1.807) is 6.33 Å². The Kier molecular flexibility index (Phi) is 7.47. The molecule has 0 spiro atoms. The molecular formula is C33H25F2N5O2. The molecule has 0 atom stereocenters. The molecule has 42 heavy (non-hydrogen) atoms. The molecule has 6 aromatic rings. The Balaban J connectivity index is 1.11. The van der Waals surface area contributed by atoms with Crippen molar-refractivity contribution in [1.29, 1.82) is 0 Å². The van der Waals surface area contributed by atoms with Crippen LogP contribution in [-0.4, -0.2) is 30.3 Å². The van der Waals surface area contributed by atoms with Gasteiger partial charge in [-0.15, -0.1) is 0 Å². The Morgan fingerprint density at radius 3 is 2.40 bits per heavy atom. The Morgan fingerprint density at radius 2 is 1.62 bits per heavy atom. The Labute approximate surface area is 239 Å². The molecule has 208 valence electrons. The monoisotopic (exact) mass is 561 g/mol.